The molecule has 0 aliphatic rings. The normalized spacial score (nSPS) is 11.7. The van der Waals surface area contributed by atoms with E-state index < -0.39 is 0 Å². The number of nitro benzene ring substituents is 1. The summed E-state index contributed by atoms with van der Waals surface area (Å²) in [4.78, 5) is 15.0. The molecule has 0 amide bonds. The lowest BCUT2D eigenvalue weighted by atomic mass is 10.1. The van der Waals surface area contributed by atoms with Crippen LogP contribution in [0.25, 0.3) is 0 Å². The molecule has 1 unspecified atom stereocenters. The Balaban J connectivity index is 2.31. The summed E-state index contributed by atoms with van der Waals surface area (Å²) in [5.74, 6) is 0. The second kappa shape index (κ2) is 6.69. The van der Waals surface area contributed by atoms with Gasteiger partial charge in [-0.1, -0.05) is 12.1 Å². The van der Waals surface area contributed by atoms with Crippen molar-refractivity contribution in [1.29, 1.82) is 0 Å². The van der Waals surface area contributed by atoms with Crippen LogP contribution < -0.4 is 10.6 Å². The minimum Gasteiger partial charge on any atom is -0.380 e. The van der Waals surface area contributed by atoms with E-state index in [1.165, 1.54) is 0 Å². The Hall–Kier alpha value is -2.63. The second-order valence-electron chi connectivity index (χ2n) is 4.64. The van der Waals surface area contributed by atoms with Gasteiger partial charge in [0.1, 0.15) is 11.4 Å². The molecule has 0 saturated heterocycles. The molecule has 0 radical (unpaired) electrons. The second-order valence-corrected chi connectivity index (χ2v) is 4.64. The van der Waals surface area contributed by atoms with Gasteiger partial charge in [-0.15, -0.1) is 0 Å². The zero-order valence-corrected chi connectivity index (χ0v) is 12.0. The highest BCUT2D eigenvalue weighted by molar-refractivity contribution is 5.76. The monoisotopic (exact) mass is 286 g/mol. The molecule has 2 aromatic rings. The van der Waals surface area contributed by atoms with E-state index in [1.54, 1.807) is 30.6 Å². The van der Waals surface area contributed by atoms with Gasteiger partial charge in [0, 0.05) is 18.9 Å². The number of pyridine rings is 1. The molecule has 6 nitrogen and oxygen atoms in total. The fourth-order valence-corrected chi connectivity index (χ4v) is 2.14. The van der Waals surface area contributed by atoms with Gasteiger partial charge in [0.2, 0.25) is 0 Å². The van der Waals surface area contributed by atoms with Crippen LogP contribution >= 0.6 is 0 Å². The van der Waals surface area contributed by atoms with Crippen LogP contribution in [0.1, 0.15) is 25.5 Å². The highest BCUT2D eigenvalue weighted by Gasteiger charge is 2.20. The van der Waals surface area contributed by atoms with E-state index in [4.69, 9.17) is 0 Å². The minimum absolute atomic E-state index is 0.0649. The Kier molecular flexibility index (Phi) is 4.71. The van der Waals surface area contributed by atoms with Crippen LogP contribution in [0.5, 0.6) is 0 Å². The first-order valence-corrected chi connectivity index (χ1v) is 6.81. The van der Waals surface area contributed by atoms with Crippen molar-refractivity contribution in [2.45, 2.75) is 19.9 Å². The van der Waals surface area contributed by atoms with Crippen LogP contribution in [0.4, 0.5) is 17.1 Å². The molecule has 0 bridgehead atoms. The predicted octanol–water partition coefficient (Wildman–Crippen LogP) is 3.59. The first-order valence-electron chi connectivity index (χ1n) is 6.81. The molecule has 0 aliphatic heterocycles. The van der Waals surface area contributed by atoms with Gasteiger partial charge in [-0.25, -0.2) is 0 Å². The van der Waals surface area contributed by atoms with Gasteiger partial charge in [0.05, 0.1) is 11.0 Å². The summed E-state index contributed by atoms with van der Waals surface area (Å²) < 4.78 is 0. The molecule has 0 saturated carbocycles. The lowest BCUT2D eigenvalue weighted by Gasteiger charge is -2.16. The fraction of sp³-hybridized carbons (Fsp3) is 0.267. The Labute approximate surface area is 123 Å². The molecule has 0 fully saturated rings. The van der Waals surface area contributed by atoms with Crippen molar-refractivity contribution in [3.63, 3.8) is 0 Å². The third-order valence-corrected chi connectivity index (χ3v) is 3.14. The van der Waals surface area contributed by atoms with Gasteiger partial charge in [-0.05, 0) is 37.6 Å². The first-order chi connectivity index (χ1) is 10.1. The number of hydrogen-bond acceptors (Lipinski definition) is 5. The third kappa shape index (κ3) is 3.47. The highest BCUT2D eigenvalue weighted by Crippen LogP contribution is 2.34. The van der Waals surface area contributed by atoms with E-state index >= 15 is 0 Å². The predicted molar refractivity (Wildman–Crippen MR) is 83.5 cm³/mol. The van der Waals surface area contributed by atoms with Crippen molar-refractivity contribution in [3.8, 4) is 0 Å². The molecule has 0 aliphatic carbocycles. The Morgan fingerprint density at radius 1 is 1.29 bits per heavy atom. The number of para-hydroxylation sites is 1. The quantitative estimate of drug-likeness (QED) is 0.626. The summed E-state index contributed by atoms with van der Waals surface area (Å²) >= 11 is 0. The maximum absolute atomic E-state index is 11.3. The molecule has 2 rings (SSSR count). The SMILES string of the molecule is CCNc1cccc(NC(C)c2cccnc2)c1[N+](=O)[O-]. The van der Waals surface area contributed by atoms with Crippen molar-refractivity contribution in [2.75, 3.05) is 17.2 Å². The van der Waals surface area contributed by atoms with E-state index in [1.807, 2.05) is 26.0 Å². The standard InChI is InChI=1S/C15H18N4O2/c1-3-17-13-7-4-8-14(15(13)19(20)21)18-11(2)12-6-5-9-16-10-12/h4-11,17-18H,3H2,1-2H3. The summed E-state index contributed by atoms with van der Waals surface area (Å²) in [6.45, 7) is 4.48. The van der Waals surface area contributed by atoms with Crippen LogP contribution in [-0.2, 0) is 0 Å². The Bertz CT molecular complexity index is 616. The van der Waals surface area contributed by atoms with Crippen molar-refractivity contribution in [1.82, 2.24) is 4.98 Å². The molecular formula is C15H18N4O2. The molecular weight excluding hydrogens is 268 g/mol. The van der Waals surface area contributed by atoms with Crippen LogP contribution in [-0.4, -0.2) is 16.5 Å². The first kappa shape index (κ1) is 14.8. The van der Waals surface area contributed by atoms with Crippen molar-refractivity contribution >= 4 is 17.1 Å². The van der Waals surface area contributed by atoms with E-state index in [2.05, 4.69) is 15.6 Å². The zero-order chi connectivity index (χ0) is 15.2. The van der Waals surface area contributed by atoms with Gasteiger partial charge in [0.15, 0.2) is 0 Å². The zero-order valence-electron chi connectivity index (χ0n) is 12.0. The van der Waals surface area contributed by atoms with Crippen LogP contribution in [0, 0.1) is 10.1 Å². The van der Waals surface area contributed by atoms with E-state index in [0.717, 1.165) is 5.56 Å². The number of aromatic nitrogens is 1. The van der Waals surface area contributed by atoms with Crippen LogP contribution in [0.15, 0.2) is 42.7 Å². The fourth-order valence-electron chi connectivity index (χ4n) is 2.14. The molecule has 6 heteroatoms. The number of benzene rings is 1. The van der Waals surface area contributed by atoms with Crippen molar-refractivity contribution in [3.05, 3.63) is 58.4 Å². The summed E-state index contributed by atoms with van der Waals surface area (Å²) in [6, 6.07) is 8.92. The van der Waals surface area contributed by atoms with Crippen LogP contribution in [0.2, 0.25) is 0 Å². The lowest BCUT2D eigenvalue weighted by molar-refractivity contribution is -0.383. The number of hydrogen-bond donors (Lipinski definition) is 2. The molecule has 110 valence electrons. The molecule has 2 N–H and O–H groups in total. The minimum atomic E-state index is -0.365. The lowest BCUT2D eigenvalue weighted by Crippen LogP contribution is -2.10. The van der Waals surface area contributed by atoms with E-state index in [0.29, 0.717) is 17.9 Å². The largest absolute Gasteiger partial charge is 0.380 e. The Morgan fingerprint density at radius 2 is 2.05 bits per heavy atom. The van der Waals surface area contributed by atoms with Gasteiger partial charge in [-0.2, -0.15) is 0 Å². The van der Waals surface area contributed by atoms with Crippen LogP contribution in [0.3, 0.4) is 0 Å². The van der Waals surface area contributed by atoms with Gasteiger partial charge in [0.25, 0.3) is 0 Å². The Morgan fingerprint density at radius 3 is 2.67 bits per heavy atom. The van der Waals surface area contributed by atoms with Gasteiger partial charge >= 0.3 is 5.69 Å². The van der Waals surface area contributed by atoms with Gasteiger partial charge < -0.3 is 10.6 Å². The molecule has 1 aromatic heterocycles. The number of nitrogens with zero attached hydrogens (tertiary/aromatic N) is 2. The number of anilines is 2. The van der Waals surface area contributed by atoms with Crippen molar-refractivity contribution < 1.29 is 4.92 Å². The third-order valence-electron chi connectivity index (χ3n) is 3.14. The average molecular weight is 286 g/mol. The molecule has 21 heavy (non-hydrogen) atoms. The van der Waals surface area contributed by atoms with E-state index in [-0.39, 0.29) is 16.7 Å². The molecule has 1 atom stereocenters. The molecule has 1 heterocycles. The van der Waals surface area contributed by atoms with E-state index in [9.17, 15) is 10.1 Å². The maximum Gasteiger partial charge on any atom is 0.315 e. The summed E-state index contributed by atoms with van der Waals surface area (Å²) in [7, 11) is 0. The molecule has 0 spiro atoms. The summed E-state index contributed by atoms with van der Waals surface area (Å²) in [5, 5.41) is 17.6. The number of nitro groups is 1. The summed E-state index contributed by atoms with van der Waals surface area (Å²) in [5.41, 5.74) is 2.05. The maximum atomic E-state index is 11.3. The topological polar surface area (TPSA) is 80.1 Å². The number of nitrogens with one attached hydrogen (secondary N) is 2. The smallest absolute Gasteiger partial charge is 0.315 e. The van der Waals surface area contributed by atoms with Gasteiger partial charge in [-0.3, -0.25) is 15.1 Å². The number of rotatable bonds is 6. The summed E-state index contributed by atoms with van der Waals surface area (Å²) in [6.07, 6.45) is 3.45. The molecule has 1 aromatic carbocycles. The highest BCUT2D eigenvalue weighted by atomic mass is 16.6. The average Bonchev–Trinajstić information content (AvgIpc) is 2.48. The van der Waals surface area contributed by atoms with Crippen molar-refractivity contribution in [2.24, 2.45) is 0 Å².